The Kier molecular flexibility index (Phi) is 2.20. The summed E-state index contributed by atoms with van der Waals surface area (Å²) in [4.78, 5) is 10.8. The first kappa shape index (κ1) is 9.82. The molecule has 0 fully saturated rings. The van der Waals surface area contributed by atoms with E-state index in [0.717, 1.165) is 37.5 Å². The van der Waals surface area contributed by atoms with E-state index in [4.69, 9.17) is 0 Å². The molecule has 84 valence electrons. The first-order valence-corrected chi connectivity index (χ1v) is 5.79. The first-order valence-electron chi connectivity index (χ1n) is 5.79. The summed E-state index contributed by atoms with van der Waals surface area (Å²) in [5, 5.41) is 3.44. The quantitative estimate of drug-likeness (QED) is 0.686. The highest BCUT2D eigenvalue weighted by molar-refractivity contribution is 5.59. The van der Waals surface area contributed by atoms with Crippen LogP contribution in [0.25, 0.3) is 0 Å². The van der Waals surface area contributed by atoms with Crippen molar-refractivity contribution in [2.45, 2.75) is 31.7 Å². The lowest BCUT2D eigenvalue weighted by molar-refractivity contribution is -0.111. The highest BCUT2D eigenvalue weighted by Gasteiger charge is 2.34. The molecule has 1 aliphatic heterocycles. The van der Waals surface area contributed by atoms with Crippen molar-refractivity contribution in [1.82, 2.24) is 5.32 Å². The molecule has 0 radical (unpaired) electrons. The van der Waals surface area contributed by atoms with Crippen molar-refractivity contribution in [2.75, 3.05) is 0 Å². The molecule has 0 unspecified atom stereocenters. The van der Waals surface area contributed by atoms with Crippen molar-refractivity contribution in [3.63, 3.8) is 0 Å². The highest BCUT2D eigenvalue weighted by Crippen LogP contribution is 2.40. The zero-order valence-electron chi connectivity index (χ0n) is 9.00. The molecule has 0 aromatic carbocycles. The second-order valence-electron chi connectivity index (χ2n) is 4.72. The summed E-state index contributed by atoms with van der Waals surface area (Å²) in [7, 11) is 0. The molecule has 3 aliphatic rings. The van der Waals surface area contributed by atoms with E-state index in [2.05, 4.69) is 5.32 Å². The van der Waals surface area contributed by atoms with Crippen molar-refractivity contribution in [3.8, 4) is 0 Å². The second-order valence-corrected chi connectivity index (χ2v) is 4.72. The van der Waals surface area contributed by atoms with Gasteiger partial charge in [0.2, 0.25) is 0 Å². The van der Waals surface area contributed by atoms with Crippen molar-refractivity contribution < 1.29 is 9.18 Å². The number of nitrogens with one attached hydrogen (secondary N) is 1. The molecule has 0 saturated carbocycles. The maximum atomic E-state index is 13.2. The van der Waals surface area contributed by atoms with E-state index in [1.54, 1.807) is 12.2 Å². The number of carbonyl (C=O) groups excluding carboxylic acids is 1. The zero-order valence-corrected chi connectivity index (χ0v) is 9.00. The molecule has 0 saturated heterocycles. The van der Waals surface area contributed by atoms with Gasteiger partial charge in [0.05, 0.1) is 6.04 Å². The Labute approximate surface area is 93.9 Å². The molecule has 2 nitrogen and oxygen atoms in total. The molecule has 1 heterocycles. The Morgan fingerprint density at radius 2 is 2.38 bits per heavy atom. The third-order valence-electron chi connectivity index (χ3n) is 3.70. The molecule has 3 rings (SSSR count). The van der Waals surface area contributed by atoms with Gasteiger partial charge in [-0.05, 0) is 49.0 Å². The number of aldehydes is 1. The Bertz CT molecular complexity index is 433. The van der Waals surface area contributed by atoms with Gasteiger partial charge in [-0.25, -0.2) is 4.39 Å². The fourth-order valence-electron chi connectivity index (χ4n) is 2.85. The van der Waals surface area contributed by atoms with E-state index in [0.29, 0.717) is 0 Å². The molecule has 16 heavy (non-hydrogen) atoms. The average Bonchev–Trinajstić information content (AvgIpc) is 2.66. The van der Waals surface area contributed by atoms with Gasteiger partial charge in [0, 0.05) is 11.6 Å². The van der Waals surface area contributed by atoms with Crippen LogP contribution in [0.5, 0.6) is 0 Å². The zero-order chi connectivity index (χ0) is 11.1. The van der Waals surface area contributed by atoms with Gasteiger partial charge in [-0.3, -0.25) is 0 Å². The smallest absolute Gasteiger partial charge is 0.123 e. The van der Waals surface area contributed by atoms with Gasteiger partial charge in [0.1, 0.15) is 12.1 Å². The second kappa shape index (κ2) is 3.58. The van der Waals surface area contributed by atoms with Crippen LogP contribution < -0.4 is 5.32 Å². The van der Waals surface area contributed by atoms with Gasteiger partial charge < -0.3 is 10.1 Å². The van der Waals surface area contributed by atoms with E-state index in [1.165, 1.54) is 11.3 Å². The molecular weight excluding hydrogens is 205 g/mol. The molecule has 0 bridgehead atoms. The van der Waals surface area contributed by atoms with Gasteiger partial charge in [-0.15, -0.1) is 0 Å². The Hall–Kier alpha value is -1.38. The monoisotopic (exact) mass is 219 g/mol. The van der Waals surface area contributed by atoms with Crippen LogP contribution in [-0.2, 0) is 4.79 Å². The third-order valence-corrected chi connectivity index (χ3v) is 3.70. The lowest BCUT2D eigenvalue weighted by Crippen LogP contribution is -2.24. The van der Waals surface area contributed by atoms with Crippen molar-refractivity contribution in [3.05, 3.63) is 34.8 Å². The lowest BCUT2D eigenvalue weighted by atomic mass is 9.84. The van der Waals surface area contributed by atoms with Crippen molar-refractivity contribution in [2.24, 2.45) is 5.92 Å². The number of carbonyl (C=O) groups is 1. The summed E-state index contributed by atoms with van der Waals surface area (Å²) in [5.74, 6) is -0.0239. The Morgan fingerprint density at radius 1 is 1.50 bits per heavy atom. The van der Waals surface area contributed by atoms with E-state index < -0.39 is 0 Å². The molecule has 3 heteroatoms. The summed E-state index contributed by atoms with van der Waals surface area (Å²) >= 11 is 0. The van der Waals surface area contributed by atoms with Crippen molar-refractivity contribution in [1.29, 1.82) is 0 Å². The molecule has 0 spiro atoms. The summed E-state index contributed by atoms with van der Waals surface area (Å²) in [6.07, 6.45) is 7.62. The van der Waals surface area contributed by atoms with E-state index >= 15 is 0 Å². The standard InChI is InChI=1S/C13H14FNO/c14-9-2-4-13-11(6-9)10-5-8(7-16)1-3-12(10)15-13/h2,6-8,13,15H,1,3-5H2/t8-,13-/m0/s1. The lowest BCUT2D eigenvalue weighted by Gasteiger charge is -2.19. The molecular formula is C13H14FNO. The Balaban J connectivity index is 1.94. The molecule has 1 N–H and O–H groups in total. The fraction of sp³-hybridized carbons (Fsp3) is 0.462. The van der Waals surface area contributed by atoms with Crippen LogP contribution in [-0.4, -0.2) is 12.3 Å². The minimum atomic E-state index is -0.143. The minimum Gasteiger partial charge on any atom is -0.381 e. The number of allylic oxidation sites excluding steroid dienone is 3. The average molecular weight is 219 g/mol. The summed E-state index contributed by atoms with van der Waals surface area (Å²) in [5.41, 5.74) is 3.50. The van der Waals surface area contributed by atoms with Gasteiger partial charge >= 0.3 is 0 Å². The topological polar surface area (TPSA) is 29.1 Å². The normalized spacial score (nSPS) is 32.3. The van der Waals surface area contributed by atoms with Crippen LogP contribution in [0.2, 0.25) is 0 Å². The molecule has 0 amide bonds. The number of hydrogen-bond acceptors (Lipinski definition) is 2. The number of fused-ring (bicyclic) bond motifs is 2. The molecule has 2 atom stereocenters. The summed E-state index contributed by atoms with van der Waals surface area (Å²) in [6, 6.07) is 0.245. The summed E-state index contributed by atoms with van der Waals surface area (Å²) in [6.45, 7) is 0. The minimum absolute atomic E-state index is 0.120. The van der Waals surface area contributed by atoms with Gasteiger partial charge in [-0.2, -0.15) is 0 Å². The third kappa shape index (κ3) is 1.42. The van der Waals surface area contributed by atoms with Crippen LogP contribution in [0.3, 0.4) is 0 Å². The fourth-order valence-corrected chi connectivity index (χ4v) is 2.85. The summed E-state index contributed by atoms with van der Waals surface area (Å²) < 4.78 is 13.2. The maximum absolute atomic E-state index is 13.2. The van der Waals surface area contributed by atoms with Gasteiger partial charge in [0.15, 0.2) is 0 Å². The van der Waals surface area contributed by atoms with Gasteiger partial charge in [-0.1, -0.05) is 0 Å². The number of halogens is 1. The molecule has 0 aromatic rings. The van der Waals surface area contributed by atoms with Crippen LogP contribution in [0.1, 0.15) is 25.7 Å². The molecule has 0 aromatic heterocycles. The first-order chi connectivity index (χ1) is 7.78. The van der Waals surface area contributed by atoms with Crippen LogP contribution in [0, 0.1) is 5.92 Å². The maximum Gasteiger partial charge on any atom is 0.123 e. The highest BCUT2D eigenvalue weighted by atomic mass is 19.1. The van der Waals surface area contributed by atoms with Crippen LogP contribution in [0.4, 0.5) is 4.39 Å². The van der Waals surface area contributed by atoms with E-state index in [1.807, 2.05) is 0 Å². The SMILES string of the molecule is O=C[C@H]1CCC2=C(C1)C1=CC(F)=CC[C@@H]1N2. The van der Waals surface area contributed by atoms with E-state index in [9.17, 15) is 9.18 Å². The predicted molar refractivity (Wildman–Crippen MR) is 59.2 cm³/mol. The van der Waals surface area contributed by atoms with E-state index in [-0.39, 0.29) is 17.8 Å². The Morgan fingerprint density at radius 3 is 3.19 bits per heavy atom. The largest absolute Gasteiger partial charge is 0.381 e. The predicted octanol–water partition coefficient (Wildman–Crippen LogP) is 2.39. The molecule has 2 aliphatic carbocycles. The van der Waals surface area contributed by atoms with Crippen LogP contribution >= 0.6 is 0 Å². The van der Waals surface area contributed by atoms with Crippen molar-refractivity contribution >= 4 is 6.29 Å². The number of rotatable bonds is 1. The number of hydrogen-bond donors (Lipinski definition) is 1. The van der Waals surface area contributed by atoms with Crippen LogP contribution in [0.15, 0.2) is 34.8 Å². The van der Waals surface area contributed by atoms with Gasteiger partial charge in [0.25, 0.3) is 0 Å².